The number of ketones is 1. The van der Waals surface area contributed by atoms with Crippen molar-refractivity contribution in [3.63, 3.8) is 0 Å². The molecule has 3 heteroatoms. The molecule has 1 fully saturated rings. The van der Waals surface area contributed by atoms with Crippen LogP contribution in [-0.2, 0) is 0 Å². The molecule has 1 aromatic heterocycles. The van der Waals surface area contributed by atoms with Gasteiger partial charge in [0.15, 0.2) is 5.78 Å². The first-order valence-electron chi connectivity index (χ1n) is 6.98. The van der Waals surface area contributed by atoms with Gasteiger partial charge in [-0.3, -0.25) is 4.79 Å². The number of thiophene rings is 1. The van der Waals surface area contributed by atoms with E-state index in [0.717, 1.165) is 43.3 Å². The first-order valence-corrected chi connectivity index (χ1v) is 7.86. The van der Waals surface area contributed by atoms with E-state index in [0.29, 0.717) is 5.78 Å². The maximum Gasteiger partial charge on any atom is 0.171 e. The molecule has 2 aromatic rings. The van der Waals surface area contributed by atoms with E-state index in [-0.39, 0.29) is 5.41 Å². The lowest BCUT2D eigenvalue weighted by molar-refractivity contribution is 0.0804. The van der Waals surface area contributed by atoms with Gasteiger partial charge in [-0.05, 0) is 25.5 Å². The molecular weight excluding hydrogens is 254 g/mol. The molecule has 0 bridgehead atoms. The smallest absolute Gasteiger partial charge is 0.171 e. The zero-order valence-electron chi connectivity index (χ0n) is 11.2. The highest BCUT2D eigenvalue weighted by molar-refractivity contribution is 7.17. The van der Waals surface area contributed by atoms with Crippen molar-refractivity contribution >= 4 is 27.2 Å². The number of carbonyl (C=O) groups excluding carboxylic acids is 1. The van der Waals surface area contributed by atoms with Crippen molar-refractivity contribution in [3.05, 3.63) is 35.2 Å². The average molecular weight is 273 g/mol. The van der Waals surface area contributed by atoms with E-state index in [1.165, 1.54) is 4.70 Å². The summed E-state index contributed by atoms with van der Waals surface area (Å²) >= 11 is 1.68. The Bertz CT molecular complexity index is 596. The molecule has 3 rings (SSSR count). The molecule has 0 radical (unpaired) electrons. The molecule has 0 spiro atoms. The predicted octanol–water partition coefficient (Wildman–Crippen LogP) is 3.86. The molecule has 0 amide bonds. The molecule has 19 heavy (non-hydrogen) atoms. The molecule has 1 unspecified atom stereocenters. The lowest BCUT2D eigenvalue weighted by Gasteiger charge is -2.25. The van der Waals surface area contributed by atoms with Gasteiger partial charge >= 0.3 is 0 Å². The van der Waals surface area contributed by atoms with Gasteiger partial charge in [0, 0.05) is 33.0 Å². The molecule has 1 aliphatic heterocycles. The second-order valence-corrected chi connectivity index (χ2v) is 6.34. The Hall–Kier alpha value is -1.19. The van der Waals surface area contributed by atoms with Gasteiger partial charge < -0.3 is 5.32 Å². The first kappa shape index (κ1) is 12.8. The molecule has 0 aliphatic carbocycles. The van der Waals surface area contributed by atoms with Crippen molar-refractivity contribution in [2.24, 2.45) is 5.41 Å². The van der Waals surface area contributed by atoms with Crippen molar-refractivity contribution < 1.29 is 4.79 Å². The number of Topliss-reactive ketones (excluding diaryl/α,β-unsaturated/α-hetero) is 1. The van der Waals surface area contributed by atoms with Crippen LogP contribution < -0.4 is 5.32 Å². The number of hydrogen-bond acceptors (Lipinski definition) is 3. The van der Waals surface area contributed by atoms with Gasteiger partial charge in [-0.1, -0.05) is 31.5 Å². The largest absolute Gasteiger partial charge is 0.316 e. The number of rotatable bonds is 4. The third-order valence-corrected chi connectivity index (χ3v) is 5.14. The van der Waals surface area contributed by atoms with Gasteiger partial charge in [0.25, 0.3) is 0 Å². The summed E-state index contributed by atoms with van der Waals surface area (Å²) in [6.45, 7) is 3.97. The summed E-state index contributed by atoms with van der Waals surface area (Å²) in [7, 11) is 0. The highest BCUT2D eigenvalue weighted by Crippen LogP contribution is 2.38. The molecule has 1 aromatic carbocycles. The quantitative estimate of drug-likeness (QED) is 0.857. The van der Waals surface area contributed by atoms with E-state index >= 15 is 0 Å². The third-order valence-electron chi connectivity index (χ3n) is 4.18. The van der Waals surface area contributed by atoms with Crippen LogP contribution >= 0.6 is 11.3 Å². The number of carbonyl (C=O) groups is 1. The molecular formula is C16H19NOS. The maximum atomic E-state index is 13.0. The third kappa shape index (κ3) is 2.11. The highest BCUT2D eigenvalue weighted by atomic mass is 32.1. The van der Waals surface area contributed by atoms with Crippen LogP contribution in [0.1, 0.15) is 36.5 Å². The van der Waals surface area contributed by atoms with Crippen LogP contribution in [0.2, 0.25) is 0 Å². The van der Waals surface area contributed by atoms with Gasteiger partial charge in [-0.15, -0.1) is 11.3 Å². The fourth-order valence-corrected chi connectivity index (χ4v) is 4.12. The van der Waals surface area contributed by atoms with Crippen molar-refractivity contribution in [2.45, 2.75) is 26.2 Å². The Morgan fingerprint density at radius 3 is 3.00 bits per heavy atom. The van der Waals surface area contributed by atoms with Crippen LogP contribution in [0.15, 0.2) is 29.6 Å². The van der Waals surface area contributed by atoms with E-state index < -0.39 is 0 Å². The van der Waals surface area contributed by atoms with Crippen LogP contribution in [0.4, 0.5) is 0 Å². The van der Waals surface area contributed by atoms with Crippen molar-refractivity contribution in [3.8, 4) is 0 Å². The lowest BCUT2D eigenvalue weighted by Crippen LogP contribution is -2.33. The molecule has 0 saturated carbocycles. The van der Waals surface area contributed by atoms with Crippen LogP contribution in [0, 0.1) is 5.41 Å². The number of nitrogens with one attached hydrogen (secondary N) is 1. The second-order valence-electron chi connectivity index (χ2n) is 5.43. The summed E-state index contributed by atoms with van der Waals surface area (Å²) in [4.78, 5) is 13.0. The molecule has 1 saturated heterocycles. The Balaban J connectivity index is 2.03. The van der Waals surface area contributed by atoms with Crippen LogP contribution in [-0.4, -0.2) is 18.9 Å². The van der Waals surface area contributed by atoms with E-state index in [9.17, 15) is 4.79 Å². The van der Waals surface area contributed by atoms with Crippen LogP contribution in [0.25, 0.3) is 10.1 Å². The Morgan fingerprint density at radius 1 is 1.42 bits per heavy atom. The molecule has 1 aliphatic rings. The normalized spacial score (nSPS) is 23.0. The Kier molecular flexibility index (Phi) is 3.42. The van der Waals surface area contributed by atoms with Gasteiger partial charge in [0.1, 0.15) is 0 Å². The van der Waals surface area contributed by atoms with Gasteiger partial charge in [0.2, 0.25) is 0 Å². The predicted molar refractivity (Wildman–Crippen MR) is 81.0 cm³/mol. The summed E-state index contributed by atoms with van der Waals surface area (Å²) < 4.78 is 1.21. The van der Waals surface area contributed by atoms with Gasteiger partial charge in [-0.25, -0.2) is 0 Å². The van der Waals surface area contributed by atoms with E-state index in [1.807, 2.05) is 17.5 Å². The van der Waals surface area contributed by atoms with E-state index in [1.54, 1.807) is 11.3 Å². The monoisotopic (exact) mass is 273 g/mol. The minimum atomic E-state index is -0.168. The zero-order valence-corrected chi connectivity index (χ0v) is 12.1. The molecule has 1 atom stereocenters. The average Bonchev–Trinajstić information content (AvgIpc) is 3.05. The molecule has 2 nitrogen and oxygen atoms in total. The topological polar surface area (TPSA) is 29.1 Å². The fraction of sp³-hybridized carbons (Fsp3) is 0.438. The summed E-state index contributed by atoms with van der Waals surface area (Å²) in [5, 5.41) is 6.54. The van der Waals surface area contributed by atoms with Crippen LogP contribution in [0.5, 0.6) is 0 Å². The number of hydrogen-bond donors (Lipinski definition) is 1. The van der Waals surface area contributed by atoms with Crippen LogP contribution in [0.3, 0.4) is 0 Å². The number of fused-ring (bicyclic) bond motifs is 1. The minimum Gasteiger partial charge on any atom is -0.316 e. The fourth-order valence-electron chi connectivity index (χ4n) is 3.18. The standard InChI is InChI=1S/C16H19NOS/c1-2-7-16(8-9-17-11-16)15(18)13-10-19-14-6-4-3-5-12(13)14/h3-6,10,17H,2,7-9,11H2,1H3. The highest BCUT2D eigenvalue weighted by Gasteiger charge is 2.41. The number of benzene rings is 1. The molecule has 2 heterocycles. The second kappa shape index (κ2) is 5.06. The summed E-state index contributed by atoms with van der Waals surface area (Å²) in [6.07, 6.45) is 3.03. The Labute approximate surface area is 117 Å². The van der Waals surface area contributed by atoms with Crippen molar-refractivity contribution in [1.82, 2.24) is 5.32 Å². The molecule has 100 valence electrons. The maximum absolute atomic E-state index is 13.0. The minimum absolute atomic E-state index is 0.168. The zero-order chi connectivity index (χ0) is 13.3. The SMILES string of the molecule is CCCC1(C(=O)c2csc3ccccc23)CCNC1. The van der Waals surface area contributed by atoms with Gasteiger partial charge in [-0.2, -0.15) is 0 Å². The van der Waals surface area contributed by atoms with E-state index in [2.05, 4.69) is 24.4 Å². The summed E-state index contributed by atoms with van der Waals surface area (Å²) in [5.41, 5.74) is 0.760. The van der Waals surface area contributed by atoms with E-state index in [4.69, 9.17) is 0 Å². The summed E-state index contributed by atoms with van der Waals surface area (Å²) in [5.74, 6) is 0.344. The molecule has 1 N–H and O–H groups in total. The first-order chi connectivity index (χ1) is 9.27. The van der Waals surface area contributed by atoms with Gasteiger partial charge in [0.05, 0.1) is 0 Å². The van der Waals surface area contributed by atoms with Crippen molar-refractivity contribution in [2.75, 3.05) is 13.1 Å². The Morgan fingerprint density at radius 2 is 2.26 bits per heavy atom. The van der Waals surface area contributed by atoms with Crippen molar-refractivity contribution in [1.29, 1.82) is 0 Å². The lowest BCUT2D eigenvalue weighted by atomic mass is 9.76. The summed E-state index contributed by atoms with van der Waals surface area (Å²) in [6, 6.07) is 8.22.